The number of allylic oxidation sites excluding steroid dienone is 1. The highest BCUT2D eigenvalue weighted by Gasteiger charge is 2.41. The molecule has 1 aromatic heterocycles. The Morgan fingerprint density at radius 1 is 1.06 bits per heavy atom. The summed E-state index contributed by atoms with van der Waals surface area (Å²) in [6.45, 7) is 6.69. The molecule has 0 saturated carbocycles. The standard InChI is InChI=1S/C28H30N4OS/c1-18-17-28(2,3)31(4)24-14-9-19(16-22(18)24)26-25(23-8-6-7-15-29-23)30-27(34)32(26)20-10-12-21(33-5)13-11-20/h6-17,25-26H,1-5H3,(H,30,34)/t25-,26-/m0/s1. The van der Waals surface area contributed by atoms with E-state index in [1.807, 2.05) is 30.5 Å². The normalized spacial score (nSPS) is 21.1. The van der Waals surface area contributed by atoms with Crippen molar-refractivity contribution in [2.45, 2.75) is 38.4 Å². The minimum absolute atomic E-state index is 0.0271. The van der Waals surface area contributed by atoms with Crippen molar-refractivity contribution in [2.24, 2.45) is 0 Å². The molecule has 1 N–H and O–H groups in total. The Hall–Kier alpha value is -3.38. The molecule has 5 nitrogen and oxygen atoms in total. The maximum absolute atomic E-state index is 5.87. The number of fused-ring (bicyclic) bond motifs is 1. The molecule has 2 aliphatic rings. The summed E-state index contributed by atoms with van der Waals surface area (Å²) >= 11 is 5.87. The molecular weight excluding hydrogens is 440 g/mol. The molecule has 0 unspecified atom stereocenters. The number of nitrogens with zero attached hydrogens (tertiary/aromatic N) is 3. The van der Waals surface area contributed by atoms with Crippen molar-refractivity contribution in [2.75, 3.05) is 24.0 Å². The first kappa shape index (κ1) is 22.4. The molecule has 0 radical (unpaired) electrons. The van der Waals surface area contributed by atoms with E-state index in [0.29, 0.717) is 5.11 Å². The Bertz CT molecular complexity index is 1250. The van der Waals surface area contributed by atoms with Crippen LogP contribution in [0.3, 0.4) is 0 Å². The lowest BCUT2D eigenvalue weighted by molar-refractivity contribution is 0.415. The average molecular weight is 471 g/mol. The third kappa shape index (κ3) is 3.72. The third-order valence-electron chi connectivity index (χ3n) is 7.03. The van der Waals surface area contributed by atoms with Crippen molar-refractivity contribution >= 4 is 34.3 Å². The fraction of sp³-hybridized carbons (Fsp3) is 0.286. The van der Waals surface area contributed by atoms with E-state index in [1.165, 1.54) is 22.4 Å². The molecule has 0 amide bonds. The number of hydrogen-bond acceptors (Lipinski definition) is 4. The summed E-state index contributed by atoms with van der Waals surface area (Å²) in [4.78, 5) is 9.21. The van der Waals surface area contributed by atoms with Crippen LogP contribution in [0.15, 0.2) is 72.9 Å². The van der Waals surface area contributed by atoms with Crippen molar-refractivity contribution < 1.29 is 4.74 Å². The third-order valence-corrected chi connectivity index (χ3v) is 7.35. The molecule has 6 heteroatoms. The van der Waals surface area contributed by atoms with Crippen molar-refractivity contribution in [3.8, 4) is 5.75 Å². The van der Waals surface area contributed by atoms with Crippen molar-refractivity contribution in [3.63, 3.8) is 0 Å². The molecule has 5 rings (SSSR count). The number of hydrogen-bond donors (Lipinski definition) is 1. The number of aromatic nitrogens is 1. The van der Waals surface area contributed by atoms with Gasteiger partial charge in [0, 0.05) is 30.2 Å². The van der Waals surface area contributed by atoms with Gasteiger partial charge in [-0.1, -0.05) is 18.2 Å². The maximum Gasteiger partial charge on any atom is 0.174 e. The molecular formula is C28H30N4OS. The highest BCUT2D eigenvalue weighted by atomic mass is 32.1. The van der Waals surface area contributed by atoms with E-state index in [4.69, 9.17) is 17.0 Å². The maximum atomic E-state index is 5.87. The number of thiocarbonyl (C=S) groups is 1. The fourth-order valence-corrected chi connectivity index (χ4v) is 5.42. The number of methoxy groups -OCH3 is 1. The lowest BCUT2D eigenvalue weighted by Gasteiger charge is -2.41. The molecule has 2 aromatic carbocycles. The Kier molecular flexibility index (Phi) is 5.56. The molecule has 0 spiro atoms. The van der Waals surface area contributed by atoms with Crippen LogP contribution in [0.5, 0.6) is 5.75 Å². The van der Waals surface area contributed by atoms with Gasteiger partial charge < -0.3 is 19.9 Å². The number of likely N-dealkylation sites (N-methyl/N-ethyl adjacent to an activating group) is 1. The summed E-state index contributed by atoms with van der Waals surface area (Å²) in [6, 6.07) is 20.8. The van der Waals surface area contributed by atoms with Crippen LogP contribution in [0.2, 0.25) is 0 Å². The zero-order valence-corrected chi connectivity index (χ0v) is 21.1. The quantitative estimate of drug-likeness (QED) is 0.479. The predicted molar refractivity (Wildman–Crippen MR) is 144 cm³/mol. The van der Waals surface area contributed by atoms with Gasteiger partial charge in [0.25, 0.3) is 0 Å². The molecule has 0 aliphatic carbocycles. The molecule has 3 aromatic rings. The smallest absolute Gasteiger partial charge is 0.174 e. The minimum atomic E-state index is -0.0732. The van der Waals surface area contributed by atoms with Gasteiger partial charge in [-0.25, -0.2) is 0 Å². The van der Waals surface area contributed by atoms with E-state index >= 15 is 0 Å². The van der Waals surface area contributed by atoms with Crippen molar-refractivity contribution in [1.29, 1.82) is 0 Å². The van der Waals surface area contributed by atoms with Crippen LogP contribution in [0, 0.1) is 0 Å². The van der Waals surface area contributed by atoms with Gasteiger partial charge in [-0.05, 0) is 92.7 Å². The van der Waals surface area contributed by atoms with E-state index in [0.717, 1.165) is 17.1 Å². The van der Waals surface area contributed by atoms with E-state index < -0.39 is 0 Å². The summed E-state index contributed by atoms with van der Waals surface area (Å²) in [5.74, 6) is 0.819. The van der Waals surface area contributed by atoms with Crippen molar-refractivity contribution in [3.05, 3.63) is 89.8 Å². The Morgan fingerprint density at radius 3 is 2.50 bits per heavy atom. The van der Waals surface area contributed by atoms with Gasteiger partial charge in [-0.15, -0.1) is 0 Å². The fourth-order valence-electron chi connectivity index (χ4n) is 5.08. The second-order valence-electron chi connectivity index (χ2n) is 9.51. The average Bonchev–Trinajstić information content (AvgIpc) is 3.19. The second-order valence-corrected chi connectivity index (χ2v) is 9.90. The van der Waals surface area contributed by atoms with Crippen LogP contribution in [0.25, 0.3) is 5.57 Å². The highest BCUT2D eigenvalue weighted by molar-refractivity contribution is 7.80. The SMILES string of the molecule is COc1ccc(N2C(=S)N[C@@H](c3ccccn3)[C@@H]2c2ccc3c(c2)C(C)=CC(C)(C)N3C)cc1. The van der Waals surface area contributed by atoms with E-state index in [1.54, 1.807) is 7.11 Å². The molecule has 174 valence electrons. The second kappa shape index (κ2) is 8.44. The number of rotatable bonds is 4. The van der Waals surface area contributed by atoms with Gasteiger partial charge in [-0.3, -0.25) is 4.98 Å². The molecule has 3 heterocycles. The number of ether oxygens (including phenoxy) is 1. The van der Waals surface area contributed by atoms with Crippen LogP contribution >= 0.6 is 12.2 Å². The molecule has 2 atom stereocenters. The summed E-state index contributed by atoms with van der Waals surface area (Å²) in [7, 11) is 3.84. The first-order valence-electron chi connectivity index (χ1n) is 11.5. The summed E-state index contributed by atoms with van der Waals surface area (Å²) in [5.41, 5.74) is 6.94. The van der Waals surface area contributed by atoms with Crippen LogP contribution in [-0.2, 0) is 0 Å². The molecule has 34 heavy (non-hydrogen) atoms. The number of anilines is 2. The van der Waals surface area contributed by atoms with E-state index in [-0.39, 0.29) is 17.6 Å². The van der Waals surface area contributed by atoms with Crippen LogP contribution in [0.1, 0.15) is 49.7 Å². The highest BCUT2D eigenvalue weighted by Crippen LogP contribution is 2.45. The predicted octanol–water partition coefficient (Wildman–Crippen LogP) is 5.90. The largest absolute Gasteiger partial charge is 0.497 e. The van der Waals surface area contributed by atoms with Gasteiger partial charge >= 0.3 is 0 Å². The minimum Gasteiger partial charge on any atom is -0.497 e. The topological polar surface area (TPSA) is 40.6 Å². The van der Waals surface area contributed by atoms with E-state index in [2.05, 4.69) is 90.4 Å². The van der Waals surface area contributed by atoms with Gasteiger partial charge in [0.1, 0.15) is 5.75 Å². The van der Waals surface area contributed by atoms with Gasteiger partial charge in [-0.2, -0.15) is 0 Å². The molecule has 2 aliphatic heterocycles. The van der Waals surface area contributed by atoms with Crippen molar-refractivity contribution in [1.82, 2.24) is 10.3 Å². The van der Waals surface area contributed by atoms with Crippen LogP contribution in [0.4, 0.5) is 11.4 Å². The molecule has 0 bridgehead atoms. The number of benzene rings is 2. The molecule has 1 fully saturated rings. The number of nitrogens with one attached hydrogen (secondary N) is 1. The van der Waals surface area contributed by atoms with Crippen LogP contribution < -0.4 is 19.9 Å². The lowest BCUT2D eigenvalue weighted by atomic mass is 9.86. The first-order valence-corrected chi connectivity index (χ1v) is 11.9. The van der Waals surface area contributed by atoms with Crippen LogP contribution in [-0.4, -0.2) is 29.8 Å². The monoisotopic (exact) mass is 470 g/mol. The Morgan fingerprint density at radius 2 is 1.82 bits per heavy atom. The summed E-state index contributed by atoms with van der Waals surface area (Å²) in [6.07, 6.45) is 4.18. The zero-order valence-electron chi connectivity index (χ0n) is 20.2. The van der Waals surface area contributed by atoms with Gasteiger partial charge in [0.15, 0.2) is 5.11 Å². The summed E-state index contributed by atoms with van der Waals surface area (Å²) in [5, 5.41) is 4.24. The van der Waals surface area contributed by atoms with E-state index in [9.17, 15) is 0 Å². The van der Waals surface area contributed by atoms with Gasteiger partial charge in [0.05, 0.1) is 30.4 Å². The van der Waals surface area contributed by atoms with Gasteiger partial charge in [0.2, 0.25) is 0 Å². The number of pyridine rings is 1. The first-order chi connectivity index (χ1) is 16.3. The molecule has 1 saturated heterocycles. The Labute approximate surface area is 207 Å². The summed E-state index contributed by atoms with van der Waals surface area (Å²) < 4.78 is 5.37. The lowest BCUT2D eigenvalue weighted by Crippen LogP contribution is -2.42. The Balaban J connectivity index is 1.64. The zero-order chi connectivity index (χ0) is 24.0.